The molecule has 1 saturated heterocycles. The normalized spacial score (nSPS) is 27.2. The second-order valence-electron chi connectivity index (χ2n) is 4.13. The van der Waals surface area contributed by atoms with Crippen LogP contribution in [-0.2, 0) is 6.42 Å². The van der Waals surface area contributed by atoms with E-state index in [4.69, 9.17) is 5.73 Å². The number of nitrogens with zero attached hydrogens (tertiary/aromatic N) is 2. The third kappa shape index (κ3) is 1.62. The Morgan fingerprint density at radius 1 is 1.64 bits per heavy atom. The fourth-order valence-electron chi connectivity index (χ4n) is 1.85. The monoisotopic (exact) mass is 194 g/mol. The van der Waals surface area contributed by atoms with Crippen LogP contribution in [0.1, 0.15) is 19.5 Å². The first-order chi connectivity index (χ1) is 6.70. The number of anilines is 1. The Labute approximate surface area is 84.5 Å². The van der Waals surface area contributed by atoms with Crippen LogP contribution in [-0.4, -0.2) is 29.1 Å². The quantitative estimate of drug-likeness (QED) is 0.730. The van der Waals surface area contributed by atoms with Crippen LogP contribution in [0.15, 0.2) is 6.20 Å². The number of H-pyrrole nitrogens is 1. The summed E-state index contributed by atoms with van der Waals surface area (Å²) in [5, 5.41) is 0. The molecule has 78 valence electrons. The number of hydrogen-bond acceptors (Lipinski definition) is 3. The molecule has 0 saturated carbocycles. The minimum atomic E-state index is 0.283. The summed E-state index contributed by atoms with van der Waals surface area (Å²) in [6.45, 7) is 6.24. The van der Waals surface area contributed by atoms with Crippen LogP contribution in [0.4, 0.5) is 5.95 Å². The predicted octanol–water partition coefficient (Wildman–Crippen LogP) is 0.756. The summed E-state index contributed by atoms with van der Waals surface area (Å²) in [4.78, 5) is 9.89. The van der Waals surface area contributed by atoms with Gasteiger partial charge in [0.25, 0.3) is 0 Å². The fourth-order valence-corrected chi connectivity index (χ4v) is 1.85. The molecule has 0 spiro atoms. The molecule has 2 rings (SSSR count). The Bertz CT molecular complexity index is 297. The van der Waals surface area contributed by atoms with Crippen molar-refractivity contribution in [3.05, 3.63) is 11.9 Å². The Balaban J connectivity index is 2.09. The van der Waals surface area contributed by atoms with Crippen molar-refractivity contribution < 1.29 is 0 Å². The van der Waals surface area contributed by atoms with Crippen molar-refractivity contribution in [3.8, 4) is 0 Å². The van der Waals surface area contributed by atoms with E-state index in [9.17, 15) is 0 Å². The predicted molar refractivity (Wildman–Crippen MR) is 57.3 cm³/mol. The highest BCUT2D eigenvalue weighted by atomic mass is 15.3. The summed E-state index contributed by atoms with van der Waals surface area (Å²) in [6.07, 6.45) is 2.91. The molecule has 1 aromatic rings. The van der Waals surface area contributed by atoms with Gasteiger partial charge in [-0.2, -0.15) is 0 Å². The molecule has 0 bridgehead atoms. The van der Waals surface area contributed by atoms with Crippen LogP contribution in [0.25, 0.3) is 0 Å². The first-order valence-electron chi connectivity index (χ1n) is 5.25. The number of nitrogens with two attached hydrogens (primary N) is 1. The van der Waals surface area contributed by atoms with E-state index in [1.165, 1.54) is 5.69 Å². The lowest BCUT2D eigenvalue weighted by Gasteiger charge is -2.13. The maximum absolute atomic E-state index is 5.96. The average Bonchev–Trinajstić information content (AvgIpc) is 2.74. The molecule has 14 heavy (non-hydrogen) atoms. The van der Waals surface area contributed by atoms with Crippen molar-refractivity contribution >= 4 is 5.95 Å². The molecule has 4 heteroatoms. The molecule has 0 amide bonds. The second-order valence-corrected chi connectivity index (χ2v) is 4.13. The number of nitrogens with one attached hydrogen (secondary N) is 1. The van der Waals surface area contributed by atoms with E-state index < -0.39 is 0 Å². The molecule has 1 aromatic heterocycles. The highest BCUT2D eigenvalue weighted by Crippen LogP contribution is 2.19. The fraction of sp³-hybridized carbons (Fsp3) is 0.700. The lowest BCUT2D eigenvalue weighted by molar-refractivity contribution is 0.566. The van der Waals surface area contributed by atoms with Gasteiger partial charge in [-0.1, -0.05) is 13.8 Å². The molecule has 0 radical (unpaired) electrons. The van der Waals surface area contributed by atoms with Gasteiger partial charge in [-0.15, -0.1) is 0 Å². The van der Waals surface area contributed by atoms with Crippen LogP contribution >= 0.6 is 0 Å². The lowest BCUT2D eigenvalue weighted by atomic mass is 10.1. The van der Waals surface area contributed by atoms with Crippen LogP contribution in [0.3, 0.4) is 0 Å². The van der Waals surface area contributed by atoms with Crippen LogP contribution in [0.2, 0.25) is 0 Å². The van der Waals surface area contributed by atoms with E-state index in [-0.39, 0.29) is 6.04 Å². The van der Waals surface area contributed by atoms with Crippen molar-refractivity contribution in [3.63, 3.8) is 0 Å². The van der Waals surface area contributed by atoms with Gasteiger partial charge in [0, 0.05) is 24.8 Å². The van der Waals surface area contributed by atoms with Crippen molar-refractivity contribution in [2.45, 2.75) is 26.3 Å². The first kappa shape index (κ1) is 9.52. The largest absolute Gasteiger partial charge is 0.341 e. The lowest BCUT2D eigenvalue weighted by Crippen LogP contribution is -2.28. The minimum Gasteiger partial charge on any atom is -0.341 e. The van der Waals surface area contributed by atoms with Gasteiger partial charge < -0.3 is 15.6 Å². The Morgan fingerprint density at radius 3 is 2.93 bits per heavy atom. The van der Waals surface area contributed by atoms with Crippen molar-refractivity contribution in [1.82, 2.24) is 9.97 Å². The summed E-state index contributed by atoms with van der Waals surface area (Å²) in [7, 11) is 0. The smallest absolute Gasteiger partial charge is 0.203 e. The summed E-state index contributed by atoms with van der Waals surface area (Å²) >= 11 is 0. The number of aryl methyl sites for hydroxylation is 1. The van der Waals surface area contributed by atoms with E-state index in [1.54, 1.807) is 0 Å². The van der Waals surface area contributed by atoms with Gasteiger partial charge in [-0.25, -0.2) is 4.98 Å². The van der Waals surface area contributed by atoms with Gasteiger partial charge in [0.2, 0.25) is 5.95 Å². The number of aromatic amines is 1. The Hall–Kier alpha value is -1.03. The highest BCUT2D eigenvalue weighted by Gasteiger charge is 2.27. The van der Waals surface area contributed by atoms with E-state index in [0.29, 0.717) is 5.92 Å². The maximum atomic E-state index is 5.96. The standard InChI is InChI=1S/C10H18N4/c1-3-8-4-12-10(13-8)14-5-7(2)9(11)6-14/h4,7,9H,3,5-6,11H2,1-2H3,(H,12,13). The van der Waals surface area contributed by atoms with Crippen molar-refractivity contribution in [1.29, 1.82) is 0 Å². The molecule has 2 heterocycles. The third-order valence-corrected chi connectivity index (χ3v) is 2.97. The van der Waals surface area contributed by atoms with E-state index in [0.717, 1.165) is 25.5 Å². The molecular formula is C10H18N4. The van der Waals surface area contributed by atoms with Gasteiger partial charge in [0.1, 0.15) is 0 Å². The van der Waals surface area contributed by atoms with Crippen molar-refractivity contribution in [2.75, 3.05) is 18.0 Å². The molecule has 1 aliphatic rings. The first-order valence-corrected chi connectivity index (χ1v) is 5.25. The van der Waals surface area contributed by atoms with Crippen molar-refractivity contribution in [2.24, 2.45) is 11.7 Å². The zero-order valence-corrected chi connectivity index (χ0v) is 8.83. The maximum Gasteiger partial charge on any atom is 0.203 e. The Kier molecular flexibility index (Phi) is 2.46. The summed E-state index contributed by atoms with van der Waals surface area (Å²) in [6, 6.07) is 0.283. The number of aromatic nitrogens is 2. The average molecular weight is 194 g/mol. The molecule has 2 unspecified atom stereocenters. The van der Waals surface area contributed by atoms with Gasteiger partial charge in [-0.05, 0) is 12.3 Å². The van der Waals surface area contributed by atoms with Crippen LogP contribution in [0.5, 0.6) is 0 Å². The molecular weight excluding hydrogens is 176 g/mol. The van der Waals surface area contributed by atoms with E-state index in [2.05, 4.69) is 28.7 Å². The minimum absolute atomic E-state index is 0.283. The van der Waals surface area contributed by atoms with Gasteiger partial charge in [-0.3, -0.25) is 0 Å². The topological polar surface area (TPSA) is 57.9 Å². The zero-order chi connectivity index (χ0) is 10.1. The molecule has 0 aliphatic carbocycles. The van der Waals surface area contributed by atoms with Crippen LogP contribution in [0, 0.1) is 5.92 Å². The summed E-state index contributed by atoms with van der Waals surface area (Å²) < 4.78 is 0. The number of imidazole rings is 1. The highest BCUT2D eigenvalue weighted by molar-refractivity contribution is 5.34. The molecule has 3 N–H and O–H groups in total. The zero-order valence-electron chi connectivity index (χ0n) is 8.83. The molecule has 0 aromatic carbocycles. The molecule has 2 atom stereocenters. The molecule has 1 fully saturated rings. The number of rotatable bonds is 2. The molecule has 1 aliphatic heterocycles. The molecule has 4 nitrogen and oxygen atoms in total. The van der Waals surface area contributed by atoms with E-state index >= 15 is 0 Å². The van der Waals surface area contributed by atoms with Gasteiger partial charge in [0.05, 0.1) is 6.20 Å². The third-order valence-electron chi connectivity index (χ3n) is 2.97. The second kappa shape index (κ2) is 3.61. The van der Waals surface area contributed by atoms with E-state index in [1.807, 2.05) is 6.20 Å². The van der Waals surface area contributed by atoms with Crippen LogP contribution < -0.4 is 10.6 Å². The summed E-state index contributed by atoms with van der Waals surface area (Å²) in [5.74, 6) is 1.53. The Morgan fingerprint density at radius 2 is 2.43 bits per heavy atom. The van der Waals surface area contributed by atoms with Gasteiger partial charge in [0.15, 0.2) is 0 Å². The van der Waals surface area contributed by atoms with Gasteiger partial charge >= 0.3 is 0 Å². The summed E-state index contributed by atoms with van der Waals surface area (Å²) in [5.41, 5.74) is 7.15. The SMILES string of the molecule is CCc1cnc(N2CC(C)C(N)C2)[nH]1. The number of hydrogen-bond donors (Lipinski definition) is 2.